The van der Waals surface area contributed by atoms with Crippen LogP contribution in [0, 0.1) is 23.6 Å². The summed E-state index contributed by atoms with van der Waals surface area (Å²) in [6.45, 7) is 20.8. The molecule has 2 aromatic rings. The van der Waals surface area contributed by atoms with Crippen molar-refractivity contribution in [3.05, 3.63) is 42.0 Å². The third-order valence-corrected chi connectivity index (χ3v) is 17.2. The highest BCUT2D eigenvalue weighted by Crippen LogP contribution is 2.41. The standard InChI is InChI=1S/C56H90FN7O15/c1-14-44-56(10,71)48(66)36(6)61(12)28-32(2)26-54(8,70)50(34(4)47(35(5)51(68)77-44)78-45-27-55(9,72-13)49(67)37(7)75-45)79-52-46(65)43(24-33(3)74-52)60(11)19-15-16-38-29-63(59-58-38)30-40-31-64(53(69)76-40)39-17-18-42(41(57)25-39)62-20-22-73-23-21-62/h15-18,25,29,32-37,40,43-50,52,65-67,70-71H,14,19-24,26-28,30-31H2,1-13H3/t32-,33-,34+,35-,36-,37+,40+,43+,44-,45+,46-,47+,48-,49+,50-,52+,54-,55-,56-/m1/s1. The number of cyclic esters (lactones) is 2. The molecule has 22 nitrogen and oxygen atoms in total. The SMILES string of the molecule is CC[C@H]1OC(=O)[C@H](C)[C@@H](O[C@H]2C[C@@](C)(OC)[C@@H](O)[C@H](C)O2)[C@H](C)[C@@H](O[C@@H]2O[C@H](C)C[C@H](N(C)CC=Cc3cn(C[C@H]4CN(c5ccc(N6CCOCC6)c(F)c5)C(=O)O4)nn3)[C@H]2O)[C@](C)(O)C[C@@H](C)CN(C)[C@H](C)[C@@H](O)[C@]1(C)O. The molecule has 6 heterocycles. The maximum atomic E-state index is 15.2. The molecule has 19 atom stereocenters. The van der Waals surface area contributed by atoms with E-state index in [2.05, 4.69) is 10.3 Å². The molecule has 5 aliphatic heterocycles. The Morgan fingerprint density at radius 3 is 2.33 bits per heavy atom. The summed E-state index contributed by atoms with van der Waals surface area (Å²) in [5, 5.41) is 68.4. The first-order valence-corrected chi connectivity index (χ1v) is 28.1. The van der Waals surface area contributed by atoms with Crippen molar-refractivity contribution in [2.45, 2.75) is 198 Å². The molecule has 0 bridgehead atoms. The minimum Gasteiger partial charge on any atom is -0.459 e. The molecule has 5 aliphatic rings. The van der Waals surface area contributed by atoms with Crippen molar-refractivity contribution in [3.63, 3.8) is 0 Å². The zero-order valence-corrected chi connectivity index (χ0v) is 48.5. The fraction of sp³-hybridized carbons (Fsp3) is 0.786. The molecule has 23 heteroatoms. The Morgan fingerprint density at radius 1 is 0.949 bits per heavy atom. The van der Waals surface area contributed by atoms with Gasteiger partial charge in [0.05, 0.1) is 85.4 Å². The van der Waals surface area contributed by atoms with Crippen LogP contribution in [0.25, 0.3) is 6.08 Å². The van der Waals surface area contributed by atoms with Gasteiger partial charge in [-0.3, -0.25) is 14.6 Å². The molecule has 1 aromatic carbocycles. The van der Waals surface area contributed by atoms with E-state index >= 15 is 4.39 Å². The second-order valence-corrected chi connectivity index (χ2v) is 23.8. The van der Waals surface area contributed by atoms with Gasteiger partial charge in [-0.2, -0.15) is 0 Å². The van der Waals surface area contributed by atoms with Crippen LogP contribution in [0.1, 0.15) is 101 Å². The fourth-order valence-corrected chi connectivity index (χ4v) is 12.4. The summed E-state index contributed by atoms with van der Waals surface area (Å²) in [4.78, 5) is 34.7. The fourth-order valence-electron chi connectivity index (χ4n) is 12.4. The molecular formula is C56H90FN7O15. The van der Waals surface area contributed by atoms with E-state index in [1.807, 2.05) is 48.7 Å². The zero-order valence-electron chi connectivity index (χ0n) is 48.5. The zero-order chi connectivity index (χ0) is 57.9. The van der Waals surface area contributed by atoms with Crippen molar-refractivity contribution in [1.82, 2.24) is 24.8 Å². The van der Waals surface area contributed by atoms with E-state index in [1.165, 1.54) is 25.0 Å². The normalized spacial score (nSPS) is 39.9. The summed E-state index contributed by atoms with van der Waals surface area (Å²) in [6, 6.07) is 3.66. The number of carbonyl (C=O) groups excluding carboxylic acids is 2. The van der Waals surface area contributed by atoms with Crippen LogP contribution >= 0.6 is 0 Å². The number of aliphatic hydroxyl groups excluding tert-OH is 3. The monoisotopic (exact) mass is 1120 g/mol. The molecule has 5 fully saturated rings. The second-order valence-electron chi connectivity index (χ2n) is 23.8. The smallest absolute Gasteiger partial charge is 0.414 e. The summed E-state index contributed by atoms with van der Waals surface area (Å²) in [5.74, 6) is -3.31. The maximum absolute atomic E-state index is 15.2. The third kappa shape index (κ3) is 14.5. The summed E-state index contributed by atoms with van der Waals surface area (Å²) >= 11 is 0. The molecule has 0 spiro atoms. The van der Waals surface area contributed by atoms with Gasteiger partial charge in [0.25, 0.3) is 0 Å². The van der Waals surface area contributed by atoms with Crippen LogP contribution in [0.5, 0.6) is 0 Å². The van der Waals surface area contributed by atoms with Gasteiger partial charge < -0.3 is 73.2 Å². The molecule has 5 saturated heterocycles. The number of aromatic nitrogens is 3. The van der Waals surface area contributed by atoms with Crippen molar-refractivity contribution in [2.24, 2.45) is 17.8 Å². The number of morpholine rings is 1. The highest BCUT2D eigenvalue weighted by Gasteiger charge is 2.53. The predicted molar refractivity (Wildman–Crippen MR) is 289 cm³/mol. The van der Waals surface area contributed by atoms with Gasteiger partial charge in [0.15, 0.2) is 12.6 Å². The van der Waals surface area contributed by atoms with Crippen LogP contribution < -0.4 is 9.80 Å². The number of esters is 1. The number of anilines is 2. The number of rotatable bonds is 14. The molecular weight excluding hydrogens is 1030 g/mol. The van der Waals surface area contributed by atoms with Crippen LogP contribution in [0.2, 0.25) is 0 Å². The Balaban J connectivity index is 1.07. The van der Waals surface area contributed by atoms with Gasteiger partial charge in [0.2, 0.25) is 0 Å². The average molecular weight is 1120 g/mol. The van der Waals surface area contributed by atoms with Gasteiger partial charge >= 0.3 is 12.1 Å². The molecule has 0 aliphatic carbocycles. The second kappa shape index (κ2) is 26.1. The van der Waals surface area contributed by atoms with Gasteiger partial charge in [0.1, 0.15) is 47.6 Å². The first-order valence-electron chi connectivity index (χ1n) is 28.1. The summed E-state index contributed by atoms with van der Waals surface area (Å²) in [6.07, 6.45) is -5.21. The van der Waals surface area contributed by atoms with Gasteiger partial charge in [-0.1, -0.05) is 32.1 Å². The van der Waals surface area contributed by atoms with Gasteiger partial charge in [0, 0.05) is 57.7 Å². The predicted octanol–water partition coefficient (Wildman–Crippen LogP) is 3.58. The average Bonchev–Trinajstić information content (AvgIpc) is 4.04. The number of likely N-dealkylation sites (N-methyl/N-ethyl adjacent to an activating group) is 2. The van der Waals surface area contributed by atoms with E-state index < -0.39 is 126 Å². The van der Waals surface area contributed by atoms with Crippen LogP contribution in [0.3, 0.4) is 0 Å². The quantitative estimate of drug-likeness (QED) is 0.170. The van der Waals surface area contributed by atoms with Crippen molar-refractivity contribution < 1.29 is 77.4 Å². The molecule has 5 N–H and O–H groups in total. The molecule has 0 radical (unpaired) electrons. The van der Waals surface area contributed by atoms with Crippen molar-refractivity contribution in [1.29, 1.82) is 0 Å². The lowest BCUT2D eigenvalue weighted by atomic mass is 9.77. The number of benzene rings is 1. The number of methoxy groups -OCH3 is 1. The lowest BCUT2D eigenvalue weighted by Crippen LogP contribution is -2.60. The highest BCUT2D eigenvalue weighted by atomic mass is 19.1. The van der Waals surface area contributed by atoms with E-state index in [1.54, 1.807) is 77.6 Å². The number of aliphatic hydroxyl groups is 5. The summed E-state index contributed by atoms with van der Waals surface area (Å²) in [5.41, 5.74) is -3.20. The minimum absolute atomic E-state index is 0.0810. The largest absolute Gasteiger partial charge is 0.459 e. The van der Waals surface area contributed by atoms with Gasteiger partial charge in [-0.05, 0) is 112 Å². The Labute approximate surface area is 464 Å². The van der Waals surface area contributed by atoms with E-state index in [0.29, 0.717) is 62.9 Å². The van der Waals surface area contributed by atoms with Crippen LogP contribution in [-0.2, 0) is 49.2 Å². The number of carbonyl (C=O) groups is 2. The first-order chi connectivity index (χ1) is 37.2. The van der Waals surface area contributed by atoms with Crippen molar-refractivity contribution >= 4 is 29.5 Å². The molecule has 446 valence electrons. The van der Waals surface area contributed by atoms with E-state index in [9.17, 15) is 35.1 Å². The minimum atomic E-state index is -1.86. The summed E-state index contributed by atoms with van der Waals surface area (Å²) < 4.78 is 66.1. The Morgan fingerprint density at radius 2 is 1.66 bits per heavy atom. The van der Waals surface area contributed by atoms with Crippen LogP contribution in [-0.4, -0.2) is 226 Å². The third-order valence-electron chi connectivity index (χ3n) is 17.2. The van der Waals surface area contributed by atoms with Gasteiger partial charge in [-0.15, -0.1) is 5.10 Å². The molecule has 79 heavy (non-hydrogen) atoms. The Kier molecular flexibility index (Phi) is 20.7. The first kappa shape index (κ1) is 62.6. The maximum Gasteiger partial charge on any atom is 0.414 e. The van der Waals surface area contributed by atoms with E-state index in [4.69, 9.17) is 37.9 Å². The van der Waals surface area contributed by atoms with Crippen LogP contribution in [0.4, 0.5) is 20.6 Å². The molecule has 0 unspecified atom stereocenters. The van der Waals surface area contributed by atoms with Gasteiger partial charge in [-0.25, -0.2) is 13.9 Å². The van der Waals surface area contributed by atoms with E-state index in [0.717, 1.165) is 0 Å². The number of halogens is 1. The lowest BCUT2D eigenvalue weighted by Gasteiger charge is -2.49. The van der Waals surface area contributed by atoms with Crippen molar-refractivity contribution in [2.75, 3.05) is 76.9 Å². The Hall–Kier alpha value is -3.95. The Bertz CT molecular complexity index is 2360. The van der Waals surface area contributed by atoms with Crippen LogP contribution in [0.15, 0.2) is 30.5 Å². The number of nitrogens with zero attached hydrogens (tertiary/aromatic N) is 7. The molecule has 0 saturated carbocycles. The molecule has 1 amide bonds. The number of ether oxygens (including phenoxy) is 8. The van der Waals surface area contributed by atoms with E-state index in [-0.39, 0.29) is 38.3 Å². The number of hydrogen-bond acceptors (Lipinski definition) is 20. The molecule has 1 aromatic heterocycles. The van der Waals surface area contributed by atoms with Crippen molar-refractivity contribution in [3.8, 4) is 0 Å². The number of amides is 1. The lowest BCUT2D eigenvalue weighted by molar-refractivity contribution is -0.318. The summed E-state index contributed by atoms with van der Waals surface area (Å²) in [7, 11) is 5.19. The molecule has 7 rings (SSSR count). The number of hydrogen-bond donors (Lipinski definition) is 5. The topological polar surface area (TPSA) is 253 Å². The highest BCUT2D eigenvalue weighted by molar-refractivity contribution is 5.90.